The molecule has 25 heavy (non-hydrogen) atoms. The Morgan fingerprint density at radius 2 is 1.88 bits per heavy atom. The van der Waals surface area contributed by atoms with Crippen molar-refractivity contribution in [2.45, 2.75) is 18.6 Å². The Labute approximate surface area is 147 Å². The van der Waals surface area contributed by atoms with Crippen molar-refractivity contribution in [1.29, 1.82) is 0 Å². The van der Waals surface area contributed by atoms with Gasteiger partial charge in [-0.25, -0.2) is 0 Å². The maximum Gasteiger partial charge on any atom is 0.237 e. The molecule has 4 N–H and O–H groups in total. The Balaban J connectivity index is 1.94. The van der Waals surface area contributed by atoms with Gasteiger partial charge in [-0.15, -0.1) is 0 Å². The second-order valence-corrected chi connectivity index (χ2v) is 5.67. The number of benzene rings is 2. The average molecular weight is 344 g/mol. The van der Waals surface area contributed by atoms with Crippen LogP contribution < -0.4 is 20.5 Å². The second kappa shape index (κ2) is 9.05. The molecule has 0 aliphatic rings. The highest BCUT2D eigenvalue weighted by Crippen LogP contribution is 2.29. The lowest BCUT2D eigenvalue weighted by molar-refractivity contribution is -0.122. The summed E-state index contributed by atoms with van der Waals surface area (Å²) in [4.78, 5) is 12.2. The Hall–Kier alpha value is -2.57. The molecule has 134 valence electrons. The predicted octanol–water partition coefficient (Wildman–Crippen LogP) is 1.42. The van der Waals surface area contributed by atoms with Crippen LogP contribution in [0.25, 0.3) is 0 Å². The molecule has 0 aliphatic carbocycles. The highest BCUT2D eigenvalue weighted by molar-refractivity contribution is 5.81. The molecular formula is C19H24N2O4. The summed E-state index contributed by atoms with van der Waals surface area (Å²) in [6.07, 6.45) is -0.497. The number of carbonyl (C=O) groups is 1. The van der Waals surface area contributed by atoms with Crippen molar-refractivity contribution >= 4 is 5.91 Å². The molecule has 0 saturated carbocycles. The highest BCUT2D eigenvalue weighted by atomic mass is 16.5. The fourth-order valence-corrected chi connectivity index (χ4v) is 2.50. The maximum atomic E-state index is 12.2. The van der Waals surface area contributed by atoms with E-state index in [1.807, 2.05) is 30.3 Å². The van der Waals surface area contributed by atoms with Crippen LogP contribution in [0.15, 0.2) is 48.5 Å². The number of aliphatic hydroxyl groups excluding tert-OH is 1. The summed E-state index contributed by atoms with van der Waals surface area (Å²) >= 11 is 0. The van der Waals surface area contributed by atoms with E-state index >= 15 is 0 Å². The second-order valence-electron chi connectivity index (χ2n) is 5.67. The molecule has 0 saturated heterocycles. The number of aliphatic hydroxyl groups is 1. The standard InChI is InChI=1S/C19H24N2O4/c1-24-14-8-9-18(25-2)15(11-14)17(22)12-21-19(23)16(20)10-13-6-4-3-5-7-13/h3-9,11,16-17,22H,10,12,20H2,1-2H3,(H,21,23)/t16-,17?/m0/s1. The third kappa shape index (κ3) is 5.20. The third-order valence-electron chi connectivity index (χ3n) is 3.90. The van der Waals surface area contributed by atoms with Gasteiger partial charge in [0.05, 0.1) is 26.4 Å². The Morgan fingerprint density at radius 3 is 2.52 bits per heavy atom. The van der Waals surface area contributed by atoms with Crippen molar-refractivity contribution < 1.29 is 19.4 Å². The first-order valence-electron chi connectivity index (χ1n) is 8.02. The zero-order valence-corrected chi connectivity index (χ0v) is 14.4. The van der Waals surface area contributed by atoms with Crippen LogP contribution in [0.4, 0.5) is 0 Å². The van der Waals surface area contributed by atoms with E-state index in [0.717, 1.165) is 5.56 Å². The third-order valence-corrected chi connectivity index (χ3v) is 3.90. The summed E-state index contributed by atoms with van der Waals surface area (Å²) in [7, 11) is 3.06. The molecule has 0 bridgehead atoms. The molecule has 2 aromatic carbocycles. The van der Waals surface area contributed by atoms with Gasteiger partial charge in [0, 0.05) is 12.1 Å². The van der Waals surface area contributed by atoms with E-state index in [4.69, 9.17) is 15.2 Å². The summed E-state index contributed by atoms with van der Waals surface area (Å²) in [5, 5.41) is 13.1. The minimum Gasteiger partial charge on any atom is -0.497 e. The van der Waals surface area contributed by atoms with Gasteiger partial charge in [0.1, 0.15) is 11.5 Å². The van der Waals surface area contributed by atoms with Crippen LogP contribution in [-0.4, -0.2) is 37.8 Å². The number of nitrogens with one attached hydrogen (secondary N) is 1. The fourth-order valence-electron chi connectivity index (χ4n) is 2.50. The van der Waals surface area contributed by atoms with Gasteiger partial charge in [0.25, 0.3) is 0 Å². The molecular weight excluding hydrogens is 320 g/mol. The number of amides is 1. The van der Waals surface area contributed by atoms with Crippen molar-refractivity contribution in [2.75, 3.05) is 20.8 Å². The normalized spacial score (nSPS) is 13.0. The minimum absolute atomic E-state index is 0.0326. The number of hydrogen-bond donors (Lipinski definition) is 3. The lowest BCUT2D eigenvalue weighted by Crippen LogP contribution is -2.43. The number of carbonyl (C=O) groups excluding carboxylic acids is 1. The number of rotatable bonds is 8. The minimum atomic E-state index is -0.932. The van der Waals surface area contributed by atoms with Gasteiger partial charge in [-0.3, -0.25) is 4.79 Å². The molecule has 2 rings (SSSR count). The molecule has 6 nitrogen and oxygen atoms in total. The molecule has 1 unspecified atom stereocenters. The van der Waals surface area contributed by atoms with Gasteiger partial charge in [-0.1, -0.05) is 30.3 Å². The molecule has 6 heteroatoms. The number of nitrogens with two attached hydrogens (primary N) is 1. The first kappa shape index (κ1) is 18.8. The summed E-state index contributed by atoms with van der Waals surface area (Å²) in [6.45, 7) is 0.0326. The summed E-state index contributed by atoms with van der Waals surface area (Å²) in [6, 6.07) is 14.0. The highest BCUT2D eigenvalue weighted by Gasteiger charge is 2.18. The zero-order chi connectivity index (χ0) is 18.2. The zero-order valence-electron chi connectivity index (χ0n) is 14.4. The SMILES string of the molecule is COc1ccc(OC)c(C(O)CNC(=O)[C@@H](N)Cc2ccccc2)c1. The number of ether oxygens (including phenoxy) is 2. The molecule has 0 heterocycles. The quantitative estimate of drug-likeness (QED) is 0.673. The maximum absolute atomic E-state index is 12.2. The number of methoxy groups -OCH3 is 2. The molecule has 1 amide bonds. The molecule has 0 spiro atoms. The van der Waals surface area contributed by atoms with E-state index in [-0.39, 0.29) is 12.5 Å². The van der Waals surface area contributed by atoms with E-state index in [1.54, 1.807) is 25.3 Å². The Morgan fingerprint density at radius 1 is 1.16 bits per heavy atom. The molecule has 0 fully saturated rings. The van der Waals surface area contributed by atoms with Gasteiger partial charge in [0.2, 0.25) is 5.91 Å². The summed E-state index contributed by atoms with van der Waals surface area (Å²) in [5.74, 6) is 0.808. The molecule has 0 aliphatic heterocycles. The summed E-state index contributed by atoms with van der Waals surface area (Å²) in [5.41, 5.74) is 7.46. The van der Waals surface area contributed by atoms with Crippen LogP contribution in [-0.2, 0) is 11.2 Å². The van der Waals surface area contributed by atoms with Gasteiger partial charge in [0.15, 0.2) is 0 Å². The van der Waals surface area contributed by atoms with E-state index in [2.05, 4.69) is 5.32 Å². The number of hydrogen-bond acceptors (Lipinski definition) is 5. The van der Waals surface area contributed by atoms with Crippen molar-refractivity contribution in [3.05, 3.63) is 59.7 Å². The summed E-state index contributed by atoms with van der Waals surface area (Å²) < 4.78 is 10.4. The largest absolute Gasteiger partial charge is 0.497 e. The Bertz CT molecular complexity index is 691. The van der Waals surface area contributed by atoms with Crippen LogP contribution in [0.3, 0.4) is 0 Å². The van der Waals surface area contributed by atoms with Gasteiger partial charge in [-0.05, 0) is 30.2 Å². The van der Waals surface area contributed by atoms with Crippen LogP contribution in [0.2, 0.25) is 0 Å². The van der Waals surface area contributed by atoms with Crippen LogP contribution in [0.1, 0.15) is 17.2 Å². The molecule has 0 aromatic heterocycles. The van der Waals surface area contributed by atoms with Crippen molar-refractivity contribution in [2.24, 2.45) is 5.73 Å². The van der Waals surface area contributed by atoms with Gasteiger partial charge in [-0.2, -0.15) is 0 Å². The van der Waals surface area contributed by atoms with Gasteiger partial charge < -0.3 is 25.6 Å². The van der Waals surface area contributed by atoms with E-state index in [1.165, 1.54) is 7.11 Å². The van der Waals surface area contributed by atoms with Crippen molar-refractivity contribution in [1.82, 2.24) is 5.32 Å². The lowest BCUT2D eigenvalue weighted by Gasteiger charge is -2.18. The lowest BCUT2D eigenvalue weighted by atomic mass is 10.1. The fraction of sp³-hybridized carbons (Fsp3) is 0.316. The van der Waals surface area contributed by atoms with Crippen LogP contribution in [0, 0.1) is 0 Å². The first-order valence-corrected chi connectivity index (χ1v) is 8.02. The van der Waals surface area contributed by atoms with E-state index < -0.39 is 12.1 Å². The van der Waals surface area contributed by atoms with Crippen molar-refractivity contribution in [3.8, 4) is 11.5 Å². The molecule has 0 radical (unpaired) electrons. The van der Waals surface area contributed by atoms with Gasteiger partial charge >= 0.3 is 0 Å². The topological polar surface area (TPSA) is 93.8 Å². The van der Waals surface area contributed by atoms with Crippen LogP contribution in [0.5, 0.6) is 11.5 Å². The molecule has 2 aromatic rings. The Kier molecular flexibility index (Phi) is 6.80. The van der Waals surface area contributed by atoms with E-state index in [0.29, 0.717) is 23.5 Å². The predicted molar refractivity (Wildman–Crippen MR) is 95.6 cm³/mol. The monoisotopic (exact) mass is 344 g/mol. The van der Waals surface area contributed by atoms with E-state index in [9.17, 15) is 9.90 Å². The van der Waals surface area contributed by atoms with Crippen molar-refractivity contribution in [3.63, 3.8) is 0 Å². The van der Waals surface area contributed by atoms with Crippen LogP contribution >= 0.6 is 0 Å². The average Bonchev–Trinajstić information content (AvgIpc) is 2.65. The molecule has 2 atom stereocenters. The first-order chi connectivity index (χ1) is 12.0. The smallest absolute Gasteiger partial charge is 0.237 e.